The Labute approximate surface area is 214 Å². The van der Waals surface area contributed by atoms with Crippen LogP contribution in [0.2, 0.25) is 0 Å². The van der Waals surface area contributed by atoms with Crippen molar-refractivity contribution in [3.8, 4) is 0 Å². The summed E-state index contributed by atoms with van der Waals surface area (Å²) in [6.45, 7) is 12.2. The summed E-state index contributed by atoms with van der Waals surface area (Å²) in [5, 5.41) is 9.22. The maximum absolute atomic E-state index is 14.4. The Morgan fingerprint density at radius 3 is 2.40 bits per heavy atom. The lowest BCUT2D eigenvalue weighted by atomic mass is 9.77. The summed E-state index contributed by atoms with van der Waals surface area (Å²) in [4.78, 5) is 47.3. The van der Waals surface area contributed by atoms with Crippen LogP contribution in [0, 0.1) is 17.3 Å². The molecule has 7 nitrogen and oxygen atoms in total. The molecule has 4 aliphatic rings. The number of likely N-dealkylation sites (tertiary alicyclic amines) is 1. The second kappa shape index (κ2) is 9.25. The molecule has 5 atom stereocenters. The summed E-state index contributed by atoms with van der Waals surface area (Å²) >= 11 is 1.62. The first-order chi connectivity index (χ1) is 16.3. The third kappa shape index (κ3) is 4.45. The molecule has 1 unspecified atom stereocenters. The van der Waals surface area contributed by atoms with Crippen molar-refractivity contribution in [3.05, 3.63) is 24.3 Å². The van der Waals surface area contributed by atoms with Crippen LogP contribution in [0.25, 0.3) is 0 Å². The highest BCUT2D eigenvalue weighted by Crippen LogP contribution is 2.61. The molecule has 194 valence electrons. The Morgan fingerprint density at radius 1 is 1.03 bits per heavy atom. The van der Waals surface area contributed by atoms with Gasteiger partial charge in [-0.05, 0) is 38.5 Å². The lowest BCUT2D eigenvalue weighted by Crippen LogP contribution is -2.58. The smallest absolute Gasteiger partial charge is 0.247 e. The fourth-order valence-electron chi connectivity index (χ4n) is 6.84. The normalized spacial score (nSPS) is 33.1. The van der Waals surface area contributed by atoms with Crippen molar-refractivity contribution >= 4 is 29.5 Å². The summed E-state index contributed by atoms with van der Waals surface area (Å²) in [7, 11) is 1.78. The van der Waals surface area contributed by atoms with E-state index < -0.39 is 28.2 Å². The zero-order valence-corrected chi connectivity index (χ0v) is 22.8. The van der Waals surface area contributed by atoms with Crippen LogP contribution in [0.15, 0.2) is 24.3 Å². The minimum Gasteiger partial charge on any atom is -0.396 e. The molecule has 0 aromatic rings. The third-order valence-corrected chi connectivity index (χ3v) is 9.61. The van der Waals surface area contributed by atoms with E-state index in [4.69, 9.17) is 0 Å². The standard InChI is InChI=1S/C27H41N3O4S/c1-25(2,3)17-26(4,5)30-15-10-12-27-20(19-18(35-27)11-9-13-28(6)22(19)32)23(33)29(14-7-8-16-31)21(27)24(30)34/h9-12,18-21,31H,7-8,13-17H2,1-6H3/t18-,19+,20+,21?,27+/m1/s1. The van der Waals surface area contributed by atoms with Crippen LogP contribution in [0.3, 0.4) is 0 Å². The Morgan fingerprint density at radius 2 is 1.74 bits per heavy atom. The predicted molar refractivity (Wildman–Crippen MR) is 139 cm³/mol. The minimum atomic E-state index is -0.770. The van der Waals surface area contributed by atoms with Gasteiger partial charge in [0.15, 0.2) is 0 Å². The molecule has 2 fully saturated rings. The number of amides is 3. The fraction of sp³-hybridized carbons (Fsp3) is 0.741. The Balaban J connectivity index is 1.78. The molecule has 0 bridgehead atoms. The van der Waals surface area contributed by atoms with Gasteiger partial charge in [0.05, 0.1) is 16.6 Å². The maximum atomic E-state index is 14.4. The number of aliphatic hydroxyl groups is 1. The molecule has 4 rings (SSSR count). The average molecular weight is 504 g/mol. The second-order valence-electron chi connectivity index (χ2n) is 12.4. The molecule has 35 heavy (non-hydrogen) atoms. The zero-order valence-electron chi connectivity index (χ0n) is 22.0. The van der Waals surface area contributed by atoms with Crippen LogP contribution in [-0.2, 0) is 14.4 Å². The van der Waals surface area contributed by atoms with E-state index in [-0.39, 0.29) is 35.0 Å². The third-order valence-electron chi connectivity index (χ3n) is 7.86. The van der Waals surface area contributed by atoms with Gasteiger partial charge in [-0.3, -0.25) is 14.4 Å². The highest BCUT2D eigenvalue weighted by atomic mass is 32.2. The molecule has 3 amide bonds. The summed E-state index contributed by atoms with van der Waals surface area (Å²) in [6.07, 6.45) is 10.2. The van der Waals surface area contributed by atoms with Gasteiger partial charge < -0.3 is 19.8 Å². The SMILES string of the molecule is CN1CC=C[C@H]2S[C@]34C=CCN(C(C)(C)CC(C)(C)C)C(=O)C3N(CCCCO)C(=O)[C@@H]4[C@H]2C1=O. The molecule has 1 N–H and O–H groups in total. The molecule has 0 radical (unpaired) electrons. The van der Waals surface area contributed by atoms with E-state index in [1.165, 1.54) is 0 Å². The van der Waals surface area contributed by atoms with Gasteiger partial charge in [0.25, 0.3) is 0 Å². The van der Waals surface area contributed by atoms with E-state index in [1.54, 1.807) is 28.6 Å². The molecule has 4 heterocycles. The topological polar surface area (TPSA) is 81.2 Å². The van der Waals surface area contributed by atoms with E-state index in [0.717, 1.165) is 6.42 Å². The van der Waals surface area contributed by atoms with Crippen molar-refractivity contribution in [2.75, 3.05) is 33.3 Å². The summed E-state index contributed by atoms with van der Waals surface area (Å²) in [5.74, 6) is -1.20. The van der Waals surface area contributed by atoms with E-state index >= 15 is 0 Å². The van der Waals surface area contributed by atoms with Gasteiger partial charge in [0.2, 0.25) is 17.7 Å². The highest BCUT2D eigenvalue weighted by Gasteiger charge is 2.71. The van der Waals surface area contributed by atoms with E-state index in [0.29, 0.717) is 32.5 Å². The largest absolute Gasteiger partial charge is 0.396 e. The summed E-state index contributed by atoms with van der Waals surface area (Å²) in [5.41, 5.74) is -0.365. The fourth-order valence-corrected chi connectivity index (χ4v) is 8.84. The Bertz CT molecular complexity index is 939. The van der Waals surface area contributed by atoms with Gasteiger partial charge in [0, 0.05) is 44.1 Å². The highest BCUT2D eigenvalue weighted by molar-refractivity contribution is 8.02. The molecular formula is C27H41N3O4S. The quantitative estimate of drug-likeness (QED) is 0.445. The summed E-state index contributed by atoms with van der Waals surface area (Å²) < 4.78 is -0.770. The average Bonchev–Trinajstić information content (AvgIpc) is 3.05. The number of unbranched alkanes of at least 4 members (excludes halogenated alkanes) is 1. The van der Waals surface area contributed by atoms with Crippen LogP contribution in [-0.4, -0.2) is 92.4 Å². The first-order valence-electron chi connectivity index (χ1n) is 12.8. The van der Waals surface area contributed by atoms with E-state index in [2.05, 4.69) is 52.8 Å². The van der Waals surface area contributed by atoms with Gasteiger partial charge in [-0.25, -0.2) is 0 Å². The Hall–Kier alpha value is -1.80. The number of fused-ring (bicyclic) bond motifs is 2. The summed E-state index contributed by atoms with van der Waals surface area (Å²) in [6, 6.07) is -0.653. The van der Waals surface area contributed by atoms with Crippen LogP contribution >= 0.6 is 11.8 Å². The van der Waals surface area contributed by atoms with Gasteiger partial charge in [-0.2, -0.15) is 0 Å². The molecule has 2 saturated heterocycles. The van der Waals surface area contributed by atoms with Crippen LogP contribution in [0.1, 0.15) is 53.9 Å². The van der Waals surface area contributed by atoms with Gasteiger partial charge in [0.1, 0.15) is 6.04 Å². The first-order valence-corrected chi connectivity index (χ1v) is 13.7. The van der Waals surface area contributed by atoms with Crippen molar-refractivity contribution in [1.82, 2.24) is 14.7 Å². The Kier molecular flexibility index (Phi) is 6.95. The first kappa shape index (κ1) is 26.3. The van der Waals surface area contributed by atoms with Crippen molar-refractivity contribution < 1.29 is 19.5 Å². The number of carbonyl (C=O) groups is 3. The number of carbonyl (C=O) groups excluding carboxylic acids is 3. The lowest BCUT2D eigenvalue weighted by molar-refractivity contribution is -0.146. The monoisotopic (exact) mass is 503 g/mol. The maximum Gasteiger partial charge on any atom is 0.247 e. The number of aliphatic hydroxyl groups excluding tert-OH is 1. The van der Waals surface area contributed by atoms with Crippen molar-refractivity contribution in [2.45, 2.75) is 75.5 Å². The number of hydrogen-bond donors (Lipinski definition) is 1. The van der Waals surface area contributed by atoms with Gasteiger partial charge >= 0.3 is 0 Å². The van der Waals surface area contributed by atoms with Crippen molar-refractivity contribution in [1.29, 1.82) is 0 Å². The zero-order chi connectivity index (χ0) is 25.8. The van der Waals surface area contributed by atoms with E-state index in [1.807, 2.05) is 11.0 Å². The van der Waals surface area contributed by atoms with Crippen LogP contribution in [0.5, 0.6) is 0 Å². The number of likely N-dealkylation sites (N-methyl/N-ethyl adjacent to an activating group) is 1. The number of nitrogens with zero attached hydrogens (tertiary/aromatic N) is 3. The van der Waals surface area contributed by atoms with Crippen molar-refractivity contribution in [2.24, 2.45) is 17.3 Å². The molecule has 4 aliphatic heterocycles. The minimum absolute atomic E-state index is 0.0197. The number of hydrogen-bond acceptors (Lipinski definition) is 5. The van der Waals surface area contributed by atoms with Crippen molar-refractivity contribution in [3.63, 3.8) is 0 Å². The molecule has 8 heteroatoms. The van der Waals surface area contributed by atoms with Crippen LogP contribution < -0.4 is 0 Å². The number of thioether (sulfide) groups is 1. The van der Waals surface area contributed by atoms with E-state index in [9.17, 15) is 19.5 Å². The molecule has 0 aromatic carbocycles. The molecule has 0 aliphatic carbocycles. The van der Waals surface area contributed by atoms with Gasteiger partial charge in [-0.15, -0.1) is 11.8 Å². The lowest BCUT2D eigenvalue weighted by Gasteiger charge is -2.44. The molecule has 1 spiro atoms. The number of rotatable bonds is 6. The molecule has 0 aromatic heterocycles. The van der Waals surface area contributed by atoms with Gasteiger partial charge in [-0.1, -0.05) is 45.1 Å². The predicted octanol–water partition coefficient (Wildman–Crippen LogP) is 2.70. The van der Waals surface area contributed by atoms with Crippen LogP contribution in [0.4, 0.5) is 0 Å². The molecular weight excluding hydrogens is 462 g/mol. The second-order valence-corrected chi connectivity index (χ2v) is 13.8. The molecule has 0 saturated carbocycles.